The normalized spacial score (nSPS) is 11.9. The first kappa shape index (κ1) is 16.2. The summed E-state index contributed by atoms with van der Waals surface area (Å²) in [6, 6.07) is 7.39. The maximum Gasteiger partial charge on any atom is 0.303 e. The Morgan fingerprint density at radius 1 is 1.20 bits per heavy atom. The third kappa shape index (κ3) is 5.87. The molecule has 0 aliphatic rings. The largest absolute Gasteiger partial charge is 0.481 e. The molecular formula is C16H23NO3. The van der Waals surface area contributed by atoms with Crippen LogP contribution in [-0.4, -0.2) is 17.0 Å². The van der Waals surface area contributed by atoms with Crippen molar-refractivity contribution < 1.29 is 14.7 Å². The molecule has 0 bridgehead atoms. The number of anilines is 1. The predicted molar refractivity (Wildman–Crippen MR) is 79.9 cm³/mol. The van der Waals surface area contributed by atoms with Crippen LogP contribution in [-0.2, 0) is 9.59 Å². The van der Waals surface area contributed by atoms with Crippen LogP contribution in [0.1, 0.15) is 57.4 Å². The van der Waals surface area contributed by atoms with Gasteiger partial charge in [-0.1, -0.05) is 38.8 Å². The standard InChI is InChI=1S/C16H23NO3/c1-3-4-5-6-15(18)17-14-9-7-13(8-10-14)12(2)11-16(19)20/h7-10,12H,3-6,11H2,1-2H3,(H,17,18)(H,19,20). The number of hydrogen-bond acceptors (Lipinski definition) is 2. The number of hydrogen-bond donors (Lipinski definition) is 2. The fourth-order valence-electron chi connectivity index (χ4n) is 2.03. The maximum absolute atomic E-state index is 11.7. The first-order valence-corrected chi connectivity index (χ1v) is 7.14. The van der Waals surface area contributed by atoms with Crippen LogP contribution < -0.4 is 5.32 Å². The van der Waals surface area contributed by atoms with Gasteiger partial charge in [0.25, 0.3) is 0 Å². The SMILES string of the molecule is CCCCCC(=O)Nc1ccc(C(C)CC(=O)O)cc1. The Balaban J connectivity index is 2.49. The van der Waals surface area contributed by atoms with E-state index in [1.807, 2.05) is 31.2 Å². The van der Waals surface area contributed by atoms with E-state index in [9.17, 15) is 9.59 Å². The van der Waals surface area contributed by atoms with Gasteiger partial charge in [0.1, 0.15) is 0 Å². The zero-order valence-electron chi connectivity index (χ0n) is 12.2. The molecule has 1 amide bonds. The summed E-state index contributed by atoms with van der Waals surface area (Å²) in [7, 11) is 0. The third-order valence-corrected chi connectivity index (χ3v) is 3.25. The first-order chi connectivity index (χ1) is 9.52. The number of carbonyl (C=O) groups is 2. The molecule has 1 aromatic carbocycles. The molecule has 1 unspecified atom stereocenters. The van der Waals surface area contributed by atoms with E-state index >= 15 is 0 Å². The molecule has 20 heavy (non-hydrogen) atoms. The lowest BCUT2D eigenvalue weighted by molar-refractivity contribution is -0.137. The van der Waals surface area contributed by atoms with Crippen LogP contribution >= 0.6 is 0 Å². The van der Waals surface area contributed by atoms with Crippen LogP contribution in [0.4, 0.5) is 5.69 Å². The second-order valence-electron chi connectivity index (χ2n) is 5.13. The molecular weight excluding hydrogens is 254 g/mol. The van der Waals surface area contributed by atoms with Crippen LogP contribution in [0.3, 0.4) is 0 Å². The molecule has 4 heteroatoms. The topological polar surface area (TPSA) is 66.4 Å². The van der Waals surface area contributed by atoms with Crippen LogP contribution in [0.5, 0.6) is 0 Å². The summed E-state index contributed by atoms with van der Waals surface area (Å²) in [5.41, 5.74) is 1.73. The number of carboxylic acid groups (broad SMARTS) is 1. The average Bonchev–Trinajstić information content (AvgIpc) is 2.39. The molecule has 1 atom stereocenters. The summed E-state index contributed by atoms with van der Waals surface area (Å²) in [5.74, 6) is -0.794. The van der Waals surface area contributed by atoms with Gasteiger partial charge in [-0.25, -0.2) is 0 Å². The summed E-state index contributed by atoms with van der Waals surface area (Å²) in [4.78, 5) is 22.3. The number of amides is 1. The van der Waals surface area contributed by atoms with E-state index in [4.69, 9.17) is 5.11 Å². The van der Waals surface area contributed by atoms with E-state index in [0.717, 1.165) is 30.5 Å². The zero-order chi connectivity index (χ0) is 15.0. The van der Waals surface area contributed by atoms with E-state index in [-0.39, 0.29) is 18.2 Å². The van der Waals surface area contributed by atoms with Crippen molar-refractivity contribution in [2.75, 3.05) is 5.32 Å². The molecule has 0 saturated heterocycles. The van der Waals surface area contributed by atoms with Crippen molar-refractivity contribution >= 4 is 17.6 Å². The van der Waals surface area contributed by atoms with E-state index < -0.39 is 5.97 Å². The highest BCUT2D eigenvalue weighted by Gasteiger charge is 2.10. The van der Waals surface area contributed by atoms with E-state index in [0.29, 0.717) is 6.42 Å². The minimum atomic E-state index is -0.800. The monoisotopic (exact) mass is 277 g/mol. The molecule has 1 aromatic rings. The number of aliphatic carboxylic acids is 1. The van der Waals surface area contributed by atoms with Gasteiger partial charge in [-0.3, -0.25) is 9.59 Å². The number of nitrogens with one attached hydrogen (secondary N) is 1. The van der Waals surface area contributed by atoms with Gasteiger partial charge in [0.05, 0.1) is 6.42 Å². The Bertz CT molecular complexity index is 440. The van der Waals surface area contributed by atoms with Crippen molar-refractivity contribution in [3.05, 3.63) is 29.8 Å². The highest BCUT2D eigenvalue weighted by atomic mass is 16.4. The Kier molecular flexibility index (Phi) is 6.77. The average molecular weight is 277 g/mol. The lowest BCUT2D eigenvalue weighted by atomic mass is 9.98. The molecule has 0 aliphatic carbocycles. The zero-order valence-corrected chi connectivity index (χ0v) is 12.2. The number of carbonyl (C=O) groups excluding carboxylic acids is 1. The van der Waals surface area contributed by atoms with Crippen LogP contribution in [0, 0.1) is 0 Å². The number of benzene rings is 1. The van der Waals surface area contributed by atoms with Gasteiger partial charge in [0.2, 0.25) is 5.91 Å². The molecule has 0 heterocycles. The summed E-state index contributed by atoms with van der Waals surface area (Å²) >= 11 is 0. The van der Waals surface area contributed by atoms with Crippen LogP contribution in [0.15, 0.2) is 24.3 Å². The second kappa shape index (κ2) is 8.35. The van der Waals surface area contributed by atoms with Crippen LogP contribution in [0.2, 0.25) is 0 Å². The fourth-order valence-corrected chi connectivity index (χ4v) is 2.03. The van der Waals surface area contributed by atoms with E-state index in [2.05, 4.69) is 12.2 Å². The summed E-state index contributed by atoms with van der Waals surface area (Å²) in [6.45, 7) is 3.99. The molecule has 110 valence electrons. The van der Waals surface area contributed by atoms with Crippen LogP contribution in [0.25, 0.3) is 0 Å². The van der Waals surface area contributed by atoms with Crippen molar-refractivity contribution in [3.63, 3.8) is 0 Å². The summed E-state index contributed by atoms with van der Waals surface area (Å²) in [5, 5.41) is 11.6. The van der Waals surface area contributed by atoms with Crippen molar-refractivity contribution in [1.29, 1.82) is 0 Å². The molecule has 0 saturated carbocycles. The molecule has 1 rings (SSSR count). The van der Waals surface area contributed by atoms with Crippen molar-refractivity contribution in [2.45, 2.75) is 51.9 Å². The Morgan fingerprint density at radius 3 is 2.40 bits per heavy atom. The van der Waals surface area contributed by atoms with Gasteiger partial charge < -0.3 is 10.4 Å². The first-order valence-electron chi connectivity index (χ1n) is 7.14. The Hall–Kier alpha value is -1.84. The molecule has 4 nitrogen and oxygen atoms in total. The highest BCUT2D eigenvalue weighted by Crippen LogP contribution is 2.21. The minimum Gasteiger partial charge on any atom is -0.481 e. The molecule has 0 aliphatic heterocycles. The third-order valence-electron chi connectivity index (χ3n) is 3.25. The second-order valence-corrected chi connectivity index (χ2v) is 5.13. The van der Waals surface area contributed by atoms with Gasteiger partial charge in [0.15, 0.2) is 0 Å². The van der Waals surface area contributed by atoms with Gasteiger partial charge >= 0.3 is 5.97 Å². The van der Waals surface area contributed by atoms with Crippen molar-refractivity contribution in [1.82, 2.24) is 0 Å². The minimum absolute atomic E-state index is 0.0261. The summed E-state index contributed by atoms with van der Waals surface area (Å²) in [6.07, 6.45) is 3.74. The molecule has 0 radical (unpaired) electrons. The van der Waals surface area contributed by atoms with Gasteiger partial charge in [-0.2, -0.15) is 0 Å². The highest BCUT2D eigenvalue weighted by molar-refractivity contribution is 5.90. The lowest BCUT2D eigenvalue weighted by Crippen LogP contribution is -2.11. The molecule has 0 spiro atoms. The quantitative estimate of drug-likeness (QED) is 0.710. The molecule has 2 N–H and O–H groups in total. The van der Waals surface area contributed by atoms with Gasteiger partial charge in [-0.05, 0) is 30.0 Å². The van der Waals surface area contributed by atoms with Gasteiger partial charge in [0, 0.05) is 12.1 Å². The Labute approximate surface area is 120 Å². The number of unbranched alkanes of at least 4 members (excludes halogenated alkanes) is 2. The number of carboxylic acids is 1. The Morgan fingerprint density at radius 2 is 1.85 bits per heavy atom. The van der Waals surface area contributed by atoms with Crippen molar-refractivity contribution in [2.24, 2.45) is 0 Å². The van der Waals surface area contributed by atoms with Crippen molar-refractivity contribution in [3.8, 4) is 0 Å². The summed E-state index contributed by atoms with van der Waals surface area (Å²) < 4.78 is 0. The predicted octanol–water partition coefficient (Wildman–Crippen LogP) is 3.78. The lowest BCUT2D eigenvalue weighted by Gasteiger charge is -2.10. The van der Waals surface area contributed by atoms with E-state index in [1.54, 1.807) is 0 Å². The maximum atomic E-state index is 11.7. The molecule has 0 fully saturated rings. The number of rotatable bonds is 8. The molecule has 0 aromatic heterocycles. The fraction of sp³-hybridized carbons (Fsp3) is 0.500. The van der Waals surface area contributed by atoms with E-state index in [1.165, 1.54) is 0 Å². The van der Waals surface area contributed by atoms with Gasteiger partial charge in [-0.15, -0.1) is 0 Å². The smallest absolute Gasteiger partial charge is 0.303 e.